The van der Waals surface area contributed by atoms with Crippen LogP contribution in [0, 0.1) is 0 Å². The number of benzene rings is 1. The van der Waals surface area contributed by atoms with E-state index < -0.39 is 0 Å². The molecule has 0 atom stereocenters. The molecule has 1 aromatic carbocycles. The van der Waals surface area contributed by atoms with Crippen molar-refractivity contribution in [3.05, 3.63) is 64.6 Å². The minimum Gasteiger partial charge on any atom is -0.0699 e. The van der Waals surface area contributed by atoms with Gasteiger partial charge in [0, 0.05) is 5.41 Å². The van der Waals surface area contributed by atoms with Crippen LogP contribution in [-0.4, -0.2) is 0 Å². The van der Waals surface area contributed by atoms with E-state index in [4.69, 9.17) is 0 Å². The van der Waals surface area contributed by atoms with E-state index in [1.165, 1.54) is 107 Å². The summed E-state index contributed by atoms with van der Waals surface area (Å²) in [5, 5.41) is 0. The highest BCUT2D eigenvalue weighted by molar-refractivity contribution is 5.88. The van der Waals surface area contributed by atoms with E-state index in [1.54, 1.807) is 5.56 Å². The third-order valence-electron chi connectivity index (χ3n) is 6.97. The van der Waals surface area contributed by atoms with E-state index in [1.807, 2.05) is 0 Å². The molecule has 0 radical (unpaired) electrons. The van der Waals surface area contributed by atoms with Crippen LogP contribution in [0.3, 0.4) is 0 Å². The Kier molecular flexibility index (Phi) is 8.67. The van der Waals surface area contributed by atoms with Crippen molar-refractivity contribution < 1.29 is 0 Å². The Bertz CT molecular complexity index is 762. The van der Waals surface area contributed by atoms with Crippen LogP contribution in [0.2, 0.25) is 0 Å². The van der Waals surface area contributed by atoms with E-state index in [0.29, 0.717) is 0 Å². The molecule has 0 spiro atoms. The summed E-state index contributed by atoms with van der Waals surface area (Å²) < 4.78 is 0. The molecule has 2 aliphatic carbocycles. The van der Waals surface area contributed by atoms with Gasteiger partial charge in [-0.15, -0.1) is 0 Å². The van der Waals surface area contributed by atoms with Gasteiger partial charge < -0.3 is 0 Å². The molecule has 0 N–H and O–H groups in total. The fourth-order valence-corrected chi connectivity index (χ4v) is 5.36. The summed E-state index contributed by atoms with van der Waals surface area (Å²) in [6.45, 7) is 4.60. The normalized spacial score (nSPS) is 15.8. The Morgan fingerprint density at radius 2 is 1.21 bits per heavy atom. The first-order valence-electron chi connectivity index (χ1n) is 12.4. The molecule has 0 heterocycles. The topological polar surface area (TPSA) is 0 Å². The first kappa shape index (κ1) is 22.0. The third kappa shape index (κ3) is 5.25. The second-order valence-electron chi connectivity index (χ2n) is 9.07. The third-order valence-corrected chi connectivity index (χ3v) is 6.97. The van der Waals surface area contributed by atoms with E-state index in [-0.39, 0.29) is 5.41 Å². The molecule has 0 heteroatoms. The zero-order valence-electron chi connectivity index (χ0n) is 18.9. The molecule has 0 aromatic heterocycles. The molecule has 0 fully saturated rings. The smallest absolute Gasteiger partial charge is 0.0221 e. The lowest BCUT2D eigenvalue weighted by atomic mass is 9.69. The Morgan fingerprint density at radius 1 is 0.655 bits per heavy atom. The van der Waals surface area contributed by atoms with Gasteiger partial charge >= 0.3 is 0 Å². The molecule has 29 heavy (non-hydrogen) atoms. The van der Waals surface area contributed by atoms with Crippen LogP contribution in [0.5, 0.6) is 0 Å². The van der Waals surface area contributed by atoms with E-state index in [0.717, 1.165) is 0 Å². The molecule has 3 rings (SSSR count). The Balaban J connectivity index is 1.74. The maximum atomic E-state index is 3.29. The lowest BCUT2D eigenvalue weighted by Gasteiger charge is -2.33. The van der Waals surface area contributed by atoms with Crippen molar-refractivity contribution in [1.29, 1.82) is 0 Å². The first-order valence-corrected chi connectivity index (χ1v) is 12.4. The maximum absolute atomic E-state index is 3.29. The van der Waals surface area contributed by atoms with Crippen molar-refractivity contribution in [3.8, 4) is 0 Å². The summed E-state index contributed by atoms with van der Waals surface area (Å²) in [7, 11) is 0. The van der Waals surface area contributed by atoms with E-state index >= 15 is 0 Å². The van der Waals surface area contributed by atoms with Gasteiger partial charge in [-0.2, -0.15) is 0 Å². The summed E-state index contributed by atoms with van der Waals surface area (Å²) >= 11 is 0. The average molecular weight is 389 g/mol. The van der Waals surface area contributed by atoms with Gasteiger partial charge in [0.2, 0.25) is 0 Å². The largest absolute Gasteiger partial charge is 0.0699 e. The number of hydrogen-bond donors (Lipinski definition) is 0. The monoisotopic (exact) mass is 388 g/mol. The molecule has 156 valence electrons. The molecular weight excluding hydrogens is 348 g/mol. The summed E-state index contributed by atoms with van der Waals surface area (Å²) in [6, 6.07) is 9.18. The molecule has 0 saturated carbocycles. The Morgan fingerprint density at radius 3 is 1.86 bits per heavy atom. The molecule has 0 amide bonds. The van der Waals surface area contributed by atoms with Crippen molar-refractivity contribution in [2.45, 2.75) is 109 Å². The predicted octanol–water partition coefficient (Wildman–Crippen LogP) is 9.07. The highest BCUT2D eigenvalue weighted by Crippen LogP contribution is 2.53. The van der Waals surface area contributed by atoms with Crippen LogP contribution in [0.15, 0.2) is 53.5 Å². The Labute approximate surface area is 179 Å². The van der Waals surface area contributed by atoms with Crippen molar-refractivity contribution in [2.75, 3.05) is 0 Å². The maximum Gasteiger partial charge on any atom is 0.0221 e. The summed E-state index contributed by atoms with van der Waals surface area (Å²) in [4.78, 5) is 0. The van der Waals surface area contributed by atoms with E-state index in [9.17, 15) is 0 Å². The van der Waals surface area contributed by atoms with Crippen LogP contribution < -0.4 is 0 Å². The Hall–Kier alpha value is -1.74. The van der Waals surface area contributed by atoms with Crippen LogP contribution in [0.1, 0.15) is 115 Å². The van der Waals surface area contributed by atoms with Gasteiger partial charge in [0.15, 0.2) is 0 Å². The number of rotatable bonds is 14. The standard InChI is InChI=1S/C29H40/c1-3-5-7-9-11-17-23-29(24-18-12-10-8-6-4-2)27-21-15-13-19-25(27)26-20-14-16-22-28(26)29/h13,15,19-22H,3-12,17-18,23-24H2,1-2H3. The fraction of sp³-hybridized carbons (Fsp3) is 0.586. The van der Waals surface area contributed by atoms with Gasteiger partial charge in [-0.1, -0.05) is 127 Å². The van der Waals surface area contributed by atoms with Crippen LogP contribution in [0.25, 0.3) is 5.57 Å². The van der Waals surface area contributed by atoms with E-state index in [2.05, 4.69) is 61.7 Å². The number of allylic oxidation sites excluding steroid dienone is 4. The molecule has 0 saturated heterocycles. The van der Waals surface area contributed by atoms with Gasteiger partial charge in [0.25, 0.3) is 0 Å². The van der Waals surface area contributed by atoms with Gasteiger partial charge in [-0.05, 0) is 47.3 Å². The summed E-state index contributed by atoms with van der Waals surface area (Å²) in [6.07, 6.45) is 23.5. The molecule has 2 aliphatic rings. The molecule has 0 unspecified atom stereocenters. The second kappa shape index (κ2) is 11.4. The summed E-state index contributed by atoms with van der Waals surface area (Å²) in [5.41, 5.74) is 12.7. The lowest BCUT2D eigenvalue weighted by Crippen LogP contribution is -2.26. The van der Waals surface area contributed by atoms with Gasteiger partial charge in [-0.25, -0.2) is 0 Å². The van der Waals surface area contributed by atoms with Crippen molar-refractivity contribution in [3.63, 3.8) is 0 Å². The minimum atomic E-state index is 0.201. The predicted molar refractivity (Wildman–Crippen MR) is 127 cm³/mol. The molecule has 0 bridgehead atoms. The highest BCUT2D eigenvalue weighted by atomic mass is 14.4. The molecule has 0 aliphatic heterocycles. The zero-order valence-corrected chi connectivity index (χ0v) is 18.9. The fourth-order valence-electron chi connectivity index (χ4n) is 5.36. The quantitative estimate of drug-likeness (QED) is 0.220. The summed E-state index contributed by atoms with van der Waals surface area (Å²) in [5.74, 6) is 0. The van der Waals surface area contributed by atoms with Crippen molar-refractivity contribution >= 4 is 5.57 Å². The minimum absolute atomic E-state index is 0.201. The first-order chi connectivity index (χ1) is 14.3. The number of hydrogen-bond acceptors (Lipinski definition) is 0. The van der Waals surface area contributed by atoms with Crippen LogP contribution in [0.4, 0.5) is 0 Å². The molecule has 0 nitrogen and oxygen atoms in total. The second-order valence-corrected chi connectivity index (χ2v) is 9.07. The highest BCUT2D eigenvalue weighted by Gasteiger charge is 2.42. The lowest BCUT2D eigenvalue weighted by molar-refractivity contribution is 0.395. The number of unbranched alkanes of at least 4 members (excludes halogenated alkanes) is 10. The molecular formula is C29H40. The average Bonchev–Trinajstić information content (AvgIpc) is 3.04. The van der Waals surface area contributed by atoms with Crippen molar-refractivity contribution in [1.82, 2.24) is 0 Å². The SMILES string of the molecule is CCCCCCCCC1(CCCCCCCC)C2=C(C=C=C=C2)c2ccccc21. The van der Waals surface area contributed by atoms with Crippen molar-refractivity contribution in [2.24, 2.45) is 0 Å². The van der Waals surface area contributed by atoms with Gasteiger partial charge in [-0.3, -0.25) is 0 Å². The van der Waals surface area contributed by atoms with Gasteiger partial charge in [0.05, 0.1) is 0 Å². The van der Waals surface area contributed by atoms with Crippen LogP contribution in [-0.2, 0) is 5.41 Å². The molecule has 1 aromatic rings. The number of fused-ring (bicyclic) bond motifs is 2. The zero-order chi connectivity index (χ0) is 20.4. The van der Waals surface area contributed by atoms with Crippen LogP contribution >= 0.6 is 0 Å². The van der Waals surface area contributed by atoms with Gasteiger partial charge in [0.1, 0.15) is 0 Å².